The number of hydrogen-bond acceptors (Lipinski definition) is 4. The van der Waals surface area contributed by atoms with Crippen LogP contribution < -0.4 is 0 Å². The molecule has 2 aromatic carbocycles. The third kappa shape index (κ3) is 3.18. The number of nitrogens with zero attached hydrogens (tertiary/aromatic N) is 3. The van der Waals surface area contributed by atoms with E-state index in [2.05, 4.69) is 21.9 Å². The number of benzene rings is 2. The average Bonchev–Trinajstić information content (AvgIpc) is 2.97. The first kappa shape index (κ1) is 15.9. The van der Waals surface area contributed by atoms with Crippen LogP contribution in [0.3, 0.4) is 0 Å². The van der Waals surface area contributed by atoms with Crippen molar-refractivity contribution in [1.82, 2.24) is 14.9 Å². The molecule has 6 heteroatoms. The van der Waals surface area contributed by atoms with Gasteiger partial charge in [-0.05, 0) is 30.3 Å². The molecule has 1 heterocycles. The molecule has 0 aliphatic heterocycles. The van der Waals surface area contributed by atoms with E-state index in [1.54, 1.807) is 18.4 Å². The number of phenols is 1. The Balaban J connectivity index is 2.00. The van der Waals surface area contributed by atoms with Crippen molar-refractivity contribution in [2.45, 2.75) is 6.42 Å². The van der Waals surface area contributed by atoms with Gasteiger partial charge in [0.05, 0.1) is 6.21 Å². The molecule has 24 heavy (non-hydrogen) atoms. The normalized spacial score (nSPS) is 11.0. The van der Waals surface area contributed by atoms with E-state index >= 15 is 0 Å². The summed E-state index contributed by atoms with van der Waals surface area (Å²) in [5.74, 6) is 0.802. The standard InChI is InChI=1S/C18H16N4OS/c1-2-7-13-10-6-11-15(16(13)23)12-19-22-17(20-21-18(22)24)14-8-4-3-5-9-14/h2-6,8-12,23H,1,7H2,(H,21,24). The minimum atomic E-state index is 0.192. The zero-order valence-corrected chi connectivity index (χ0v) is 13.7. The summed E-state index contributed by atoms with van der Waals surface area (Å²) < 4.78 is 1.91. The summed E-state index contributed by atoms with van der Waals surface area (Å²) in [6.45, 7) is 3.70. The Morgan fingerprint density at radius 3 is 2.75 bits per heavy atom. The second kappa shape index (κ2) is 7.06. The SMILES string of the molecule is C=CCc1cccc(C=Nn2c(-c3ccccc3)n[nH]c2=S)c1O. The van der Waals surface area contributed by atoms with Gasteiger partial charge in [0.1, 0.15) is 5.75 Å². The highest BCUT2D eigenvalue weighted by Gasteiger charge is 2.08. The molecule has 0 unspecified atom stereocenters. The number of aromatic hydroxyl groups is 1. The molecule has 0 spiro atoms. The van der Waals surface area contributed by atoms with Gasteiger partial charge >= 0.3 is 0 Å². The highest BCUT2D eigenvalue weighted by molar-refractivity contribution is 7.71. The molecule has 3 aromatic rings. The summed E-state index contributed by atoms with van der Waals surface area (Å²) >= 11 is 5.24. The fraction of sp³-hybridized carbons (Fsp3) is 0.0556. The smallest absolute Gasteiger partial charge is 0.216 e. The van der Waals surface area contributed by atoms with Gasteiger partial charge in [0.2, 0.25) is 4.77 Å². The molecule has 0 saturated carbocycles. The number of allylic oxidation sites excluding steroid dienone is 1. The first-order valence-electron chi connectivity index (χ1n) is 7.39. The Bertz CT molecular complexity index is 941. The van der Waals surface area contributed by atoms with E-state index in [4.69, 9.17) is 12.2 Å². The van der Waals surface area contributed by atoms with E-state index in [-0.39, 0.29) is 5.75 Å². The summed E-state index contributed by atoms with van der Waals surface area (Å²) in [6.07, 6.45) is 3.91. The first-order chi connectivity index (χ1) is 11.7. The second-order valence-corrected chi connectivity index (χ2v) is 5.51. The monoisotopic (exact) mass is 336 g/mol. The molecule has 0 radical (unpaired) electrons. The average molecular weight is 336 g/mol. The molecule has 120 valence electrons. The molecule has 0 fully saturated rings. The largest absolute Gasteiger partial charge is 0.507 e. The van der Waals surface area contributed by atoms with Crippen molar-refractivity contribution < 1.29 is 5.11 Å². The van der Waals surface area contributed by atoms with Gasteiger partial charge in [-0.15, -0.1) is 6.58 Å². The van der Waals surface area contributed by atoms with Crippen LogP contribution in [0.1, 0.15) is 11.1 Å². The number of para-hydroxylation sites is 1. The van der Waals surface area contributed by atoms with E-state index in [1.165, 1.54) is 4.68 Å². The Labute approximate surface area is 144 Å². The molecule has 5 nitrogen and oxygen atoms in total. The van der Waals surface area contributed by atoms with E-state index in [0.717, 1.165) is 11.1 Å². The molecule has 1 aromatic heterocycles. The van der Waals surface area contributed by atoms with E-state index in [1.807, 2.05) is 42.5 Å². The fourth-order valence-electron chi connectivity index (χ4n) is 2.33. The number of aromatic amines is 1. The van der Waals surface area contributed by atoms with Gasteiger partial charge in [0, 0.05) is 11.1 Å². The number of aromatic nitrogens is 3. The summed E-state index contributed by atoms with van der Waals surface area (Å²) in [5, 5.41) is 21.7. The van der Waals surface area contributed by atoms with E-state index < -0.39 is 0 Å². The Morgan fingerprint density at radius 2 is 2.00 bits per heavy atom. The van der Waals surface area contributed by atoms with Crippen LogP contribution >= 0.6 is 12.2 Å². The summed E-state index contributed by atoms with van der Waals surface area (Å²) in [5.41, 5.74) is 2.30. The van der Waals surface area contributed by atoms with Crippen molar-refractivity contribution in [2.75, 3.05) is 0 Å². The highest BCUT2D eigenvalue weighted by Crippen LogP contribution is 2.22. The number of nitrogens with one attached hydrogen (secondary N) is 1. The predicted octanol–water partition coefficient (Wildman–Crippen LogP) is 3.92. The molecular weight excluding hydrogens is 320 g/mol. The van der Waals surface area contributed by atoms with Crippen LogP contribution in [0, 0.1) is 4.77 Å². The molecule has 0 atom stereocenters. The minimum Gasteiger partial charge on any atom is -0.507 e. The van der Waals surface area contributed by atoms with Crippen LogP contribution in [0.15, 0.2) is 66.3 Å². The maximum Gasteiger partial charge on any atom is 0.216 e. The minimum absolute atomic E-state index is 0.192. The van der Waals surface area contributed by atoms with Crippen LogP contribution in [-0.2, 0) is 6.42 Å². The van der Waals surface area contributed by atoms with Gasteiger partial charge in [-0.25, -0.2) is 5.10 Å². The Morgan fingerprint density at radius 1 is 1.21 bits per heavy atom. The van der Waals surface area contributed by atoms with Crippen LogP contribution in [0.2, 0.25) is 0 Å². The van der Waals surface area contributed by atoms with Gasteiger partial charge in [-0.2, -0.15) is 14.9 Å². The molecule has 0 aliphatic carbocycles. The van der Waals surface area contributed by atoms with E-state index in [9.17, 15) is 5.11 Å². The zero-order valence-electron chi connectivity index (χ0n) is 12.9. The quantitative estimate of drug-likeness (QED) is 0.421. The van der Waals surface area contributed by atoms with Crippen LogP contribution in [0.5, 0.6) is 5.75 Å². The number of H-pyrrole nitrogens is 1. The highest BCUT2D eigenvalue weighted by atomic mass is 32.1. The molecule has 0 amide bonds. The molecule has 2 N–H and O–H groups in total. The number of rotatable bonds is 5. The van der Waals surface area contributed by atoms with Gasteiger partial charge in [0.15, 0.2) is 5.82 Å². The summed E-state index contributed by atoms with van der Waals surface area (Å²) in [7, 11) is 0. The van der Waals surface area contributed by atoms with Gasteiger partial charge in [0.25, 0.3) is 0 Å². The van der Waals surface area contributed by atoms with Gasteiger partial charge in [-0.3, -0.25) is 0 Å². The number of phenolic OH excluding ortho intramolecular Hbond substituents is 1. The van der Waals surface area contributed by atoms with Crippen LogP contribution in [-0.4, -0.2) is 26.2 Å². The van der Waals surface area contributed by atoms with Gasteiger partial charge < -0.3 is 5.11 Å². The third-order valence-corrected chi connectivity index (χ3v) is 3.77. The maximum atomic E-state index is 10.3. The predicted molar refractivity (Wildman–Crippen MR) is 97.8 cm³/mol. The topological polar surface area (TPSA) is 66.2 Å². The fourth-order valence-corrected chi connectivity index (χ4v) is 2.51. The van der Waals surface area contributed by atoms with Crippen LogP contribution in [0.25, 0.3) is 11.4 Å². The molecule has 3 rings (SSSR count). The first-order valence-corrected chi connectivity index (χ1v) is 7.80. The van der Waals surface area contributed by atoms with Crippen molar-refractivity contribution in [1.29, 1.82) is 0 Å². The van der Waals surface area contributed by atoms with Crippen molar-refractivity contribution >= 4 is 18.4 Å². The Hall–Kier alpha value is -2.99. The zero-order chi connectivity index (χ0) is 16.9. The van der Waals surface area contributed by atoms with Gasteiger partial charge in [-0.1, -0.05) is 48.5 Å². The molecule has 0 bridgehead atoms. The lowest BCUT2D eigenvalue weighted by Crippen LogP contribution is -1.96. The van der Waals surface area contributed by atoms with E-state index in [0.29, 0.717) is 22.6 Å². The summed E-state index contributed by atoms with van der Waals surface area (Å²) in [6, 6.07) is 15.1. The van der Waals surface area contributed by atoms with Crippen molar-refractivity contribution in [3.05, 3.63) is 77.1 Å². The molecular formula is C18H16N4OS. The van der Waals surface area contributed by atoms with Crippen LogP contribution in [0.4, 0.5) is 0 Å². The summed E-state index contributed by atoms with van der Waals surface area (Å²) in [4.78, 5) is 0. The third-order valence-electron chi connectivity index (χ3n) is 3.51. The van der Waals surface area contributed by atoms with Crippen molar-refractivity contribution in [2.24, 2.45) is 5.10 Å². The number of hydrogen-bond donors (Lipinski definition) is 2. The molecule has 0 aliphatic rings. The molecule has 0 saturated heterocycles. The maximum absolute atomic E-state index is 10.3. The lowest BCUT2D eigenvalue weighted by Gasteiger charge is -2.05. The second-order valence-electron chi connectivity index (χ2n) is 5.12. The Kier molecular flexibility index (Phi) is 4.67. The van der Waals surface area contributed by atoms with Crippen molar-refractivity contribution in [3.63, 3.8) is 0 Å². The lowest BCUT2D eigenvalue weighted by molar-refractivity contribution is 0.469. The van der Waals surface area contributed by atoms with Crippen molar-refractivity contribution in [3.8, 4) is 17.1 Å². The lowest BCUT2D eigenvalue weighted by atomic mass is 10.1.